The van der Waals surface area contributed by atoms with E-state index in [1.54, 1.807) is 6.33 Å². The summed E-state index contributed by atoms with van der Waals surface area (Å²) in [6.45, 7) is 5.08. The first-order valence-electron chi connectivity index (χ1n) is 9.43. The Morgan fingerprint density at radius 2 is 1.82 bits per heavy atom. The highest BCUT2D eigenvalue weighted by atomic mass is 16.2. The fourth-order valence-electron chi connectivity index (χ4n) is 3.38. The molecule has 0 bridgehead atoms. The Morgan fingerprint density at radius 3 is 2.68 bits per heavy atom. The number of carbonyl (C=O) groups is 1. The van der Waals surface area contributed by atoms with E-state index in [0.29, 0.717) is 13.1 Å². The molecule has 1 atom stereocenters. The van der Waals surface area contributed by atoms with Crippen LogP contribution in [0.25, 0.3) is 21.9 Å². The zero-order chi connectivity index (χ0) is 19.5. The predicted molar refractivity (Wildman–Crippen MR) is 112 cm³/mol. The summed E-state index contributed by atoms with van der Waals surface area (Å²) >= 11 is 0. The molecular weight excluding hydrogens is 350 g/mol. The van der Waals surface area contributed by atoms with Crippen LogP contribution in [0, 0.1) is 6.92 Å². The number of benzene rings is 2. The van der Waals surface area contributed by atoms with Crippen molar-refractivity contribution in [1.29, 1.82) is 0 Å². The minimum atomic E-state index is -0.326. The molecule has 0 fully saturated rings. The molecule has 4 rings (SSSR count). The molecule has 2 N–H and O–H groups in total. The first kappa shape index (κ1) is 18.0. The second kappa shape index (κ2) is 7.68. The molecule has 0 radical (unpaired) electrons. The Labute approximate surface area is 163 Å². The van der Waals surface area contributed by atoms with E-state index in [0.717, 1.165) is 27.8 Å². The molecule has 2 heterocycles. The van der Waals surface area contributed by atoms with Crippen LogP contribution in [0.5, 0.6) is 0 Å². The minimum absolute atomic E-state index is 0.0346. The van der Waals surface area contributed by atoms with Gasteiger partial charge in [0.2, 0.25) is 5.91 Å². The van der Waals surface area contributed by atoms with Crippen LogP contribution in [0.1, 0.15) is 18.5 Å². The van der Waals surface area contributed by atoms with Gasteiger partial charge in [0.15, 0.2) is 0 Å². The number of fused-ring (bicyclic) bond motifs is 2. The van der Waals surface area contributed by atoms with Crippen LogP contribution < -0.4 is 10.6 Å². The second-order valence-electron chi connectivity index (χ2n) is 6.88. The fraction of sp³-hybridized carbons (Fsp3) is 0.227. The number of pyridine rings is 1. The summed E-state index contributed by atoms with van der Waals surface area (Å²) in [6.07, 6.45) is 1.72. The van der Waals surface area contributed by atoms with Crippen molar-refractivity contribution in [2.75, 3.05) is 18.4 Å². The first-order valence-corrected chi connectivity index (χ1v) is 9.43. The molecular formula is C22H23N5O. The van der Waals surface area contributed by atoms with E-state index >= 15 is 0 Å². The maximum Gasteiger partial charge on any atom is 0.242 e. The molecule has 0 saturated carbocycles. The van der Waals surface area contributed by atoms with E-state index in [2.05, 4.69) is 33.6 Å². The Hall–Kier alpha value is -3.41. The van der Waals surface area contributed by atoms with Crippen LogP contribution in [-0.2, 0) is 4.79 Å². The highest BCUT2D eigenvalue weighted by Crippen LogP contribution is 2.20. The summed E-state index contributed by atoms with van der Waals surface area (Å²) in [5, 5.41) is 7.43. The molecule has 28 heavy (non-hydrogen) atoms. The van der Waals surface area contributed by atoms with E-state index in [1.165, 1.54) is 5.56 Å². The third-order valence-electron chi connectivity index (χ3n) is 4.93. The van der Waals surface area contributed by atoms with Crippen molar-refractivity contribution in [1.82, 2.24) is 19.9 Å². The Balaban J connectivity index is 1.34. The third-order valence-corrected chi connectivity index (χ3v) is 4.93. The topological polar surface area (TPSA) is 71.8 Å². The SMILES string of the molecule is Cc1cc(NCCNC(=O)C(C)n2cnc3ccccc32)nc2ccccc12. The number of imidazole rings is 1. The molecule has 1 unspecified atom stereocenters. The van der Waals surface area contributed by atoms with Gasteiger partial charge in [-0.3, -0.25) is 4.79 Å². The van der Waals surface area contributed by atoms with E-state index in [-0.39, 0.29) is 11.9 Å². The molecule has 0 aliphatic rings. The largest absolute Gasteiger partial charge is 0.368 e. The number of aryl methyl sites for hydroxylation is 1. The zero-order valence-electron chi connectivity index (χ0n) is 16.0. The van der Waals surface area contributed by atoms with Crippen molar-refractivity contribution in [3.63, 3.8) is 0 Å². The van der Waals surface area contributed by atoms with Crippen molar-refractivity contribution in [2.45, 2.75) is 19.9 Å². The summed E-state index contributed by atoms with van der Waals surface area (Å²) in [5.74, 6) is 0.784. The third kappa shape index (κ3) is 3.53. The summed E-state index contributed by atoms with van der Waals surface area (Å²) < 4.78 is 1.90. The molecule has 0 aliphatic carbocycles. The van der Waals surface area contributed by atoms with Gasteiger partial charge in [-0.1, -0.05) is 30.3 Å². The predicted octanol–water partition coefficient (Wildman–Crippen LogP) is 3.68. The van der Waals surface area contributed by atoms with Gasteiger partial charge in [-0.05, 0) is 43.7 Å². The normalized spacial score (nSPS) is 12.2. The van der Waals surface area contributed by atoms with Gasteiger partial charge in [0, 0.05) is 18.5 Å². The maximum atomic E-state index is 12.5. The van der Waals surface area contributed by atoms with Gasteiger partial charge in [-0.25, -0.2) is 9.97 Å². The number of anilines is 1. The lowest BCUT2D eigenvalue weighted by Gasteiger charge is -2.15. The lowest BCUT2D eigenvalue weighted by atomic mass is 10.1. The van der Waals surface area contributed by atoms with Gasteiger partial charge in [-0.2, -0.15) is 0 Å². The van der Waals surface area contributed by atoms with Crippen LogP contribution in [0.2, 0.25) is 0 Å². The summed E-state index contributed by atoms with van der Waals surface area (Å²) in [6, 6.07) is 17.6. The number of para-hydroxylation sites is 3. The van der Waals surface area contributed by atoms with Crippen molar-refractivity contribution in [3.8, 4) is 0 Å². The Morgan fingerprint density at radius 1 is 1.07 bits per heavy atom. The molecule has 6 nitrogen and oxygen atoms in total. The minimum Gasteiger partial charge on any atom is -0.368 e. The number of nitrogens with one attached hydrogen (secondary N) is 2. The maximum absolute atomic E-state index is 12.5. The van der Waals surface area contributed by atoms with Crippen molar-refractivity contribution < 1.29 is 4.79 Å². The standard InChI is InChI=1S/C22H23N5O/c1-15-13-21(26-18-8-4-3-7-17(15)18)23-11-12-24-22(28)16(2)27-14-25-19-9-5-6-10-20(19)27/h3-10,13-14,16H,11-12H2,1-2H3,(H,23,26)(H,24,28). The fourth-order valence-corrected chi connectivity index (χ4v) is 3.38. The number of hydrogen-bond donors (Lipinski definition) is 2. The van der Waals surface area contributed by atoms with E-state index in [9.17, 15) is 4.79 Å². The summed E-state index contributed by atoms with van der Waals surface area (Å²) in [7, 11) is 0. The number of hydrogen-bond acceptors (Lipinski definition) is 4. The van der Waals surface area contributed by atoms with E-state index < -0.39 is 0 Å². The number of rotatable bonds is 6. The average molecular weight is 373 g/mol. The van der Waals surface area contributed by atoms with Gasteiger partial charge < -0.3 is 15.2 Å². The smallest absolute Gasteiger partial charge is 0.242 e. The Kier molecular flexibility index (Phi) is 4.93. The molecule has 2 aromatic heterocycles. The molecule has 2 aromatic carbocycles. The van der Waals surface area contributed by atoms with Gasteiger partial charge in [0.1, 0.15) is 11.9 Å². The van der Waals surface area contributed by atoms with Gasteiger partial charge in [0.25, 0.3) is 0 Å². The van der Waals surface area contributed by atoms with E-state index in [4.69, 9.17) is 0 Å². The van der Waals surface area contributed by atoms with Crippen LogP contribution in [0.15, 0.2) is 60.9 Å². The molecule has 0 saturated heterocycles. The molecule has 6 heteroatoms. The number of aromatic nitrogens is 3. The van der Waals surface area contributed by atoms with Gasteiger partial charge >= 0.3 is 0 Å². The van der Waals surface area contributed by atoms with Crippen LogP contribution in [0.3, 0.4) is 0 Å². The highest BCUT2D eigenvalue weighted by molar-refractivity contribution is 5.84. The number of carbonyl (C=O) groups excluding carboxylic acids is 1. The molecule has 0 spiro atoms. The van der Waals surface area contributed by atoms with Gasteiger partial charge in [0.05, 0.1) is 22.9 Å². The van der Waals surface area contributed by atoms with Gasteiger partial charge in [-0.15, -0.1) is 0 Å². The van der Waals surface area contributed by atoms with Crippen LogP contribution in [0.4, 0.5) is 5.82 Å². The van der Waals surface area contributed by atoms with Crippen molar-refractivity contribution in [3.05, 3.63) is 66.5 Å². The average Bonchev–Trinajstić information content (AvgIpc) is 3.14. The molecule has 0 aliphatic heterocycles. The lowest BCUT2D eigenvalue weighted by Crippen LogP contribution is -2.34. The van der Waals surface area contributed by atoms with Crippen molar-refractivity contribution >= 4 is 33.7 Å². The molecule has 142 valence electrons. The lowest BCUT2D eigenvalue weighted by molar-refractivity contribution is -0.123. The van der Waals surface area contributed by atoms with Crippen molar-refractivity contribution in [2.24, 2.45) is 0 Å². The zero-order valence-corrected chi connectivity index (χ0v) is 16.0. The quantitative estimate of drug-likeness (QED) is 0.506. The summed E-state index contributed by atoms with van der Waals surface area (Å²) in [4.78, 5) is 21.5. The first-order chi connectivity index (χ1) is 13.6. The van der Waals surface area contributed by atoms with Crippen LogP contribution >= 0.6 is 0 Å². The second-order valence-corrected chi connectivity index (χ2v) is 6.88. The Bertz CT molecular complexity index is 1130. The number of amides is 1. The highest BCUT2D eigenvalue weighted by Gasteiger charge is 2.16. The van der Waals surface area contributed by atoms with Crippen LogP contribution in [-0.4, -0.2) is 33.5 Å². The number of nitrogens with zero attached hydrogens (tertiary/aromatic N) is 3. The molecule has 4 aromatic rings. The monoisotopic (exact) mass is 373 g/mol. The molecule has 1 amide bonds. The summed E-state index contributed by atoms with van der Waals surface area (Å²) in [5.41, 5.74) is 3.99. The van der Waals surface area contributed by atoms with E-state index in [1.807, 2.05) is 60.0 Å².